The Hall–Kier alpha value is -1.35. The molecular formula is C17H25ClN2O5S. The third kappa shape index (κ3) is 5.57. The number of carbonyl (C=O) groups excluding carboxylic acids is 1. The summed E-state index contributed by atoms with van der Waals surface area (Å²) in [5, 5.41) is 2.97. The molecule has 9 heteroatoms. The molecular weight excluding hydrogens is 380 g/mol. The Morgan fingerprint density at radius 2 is 2.08 bits per heavy atom. The Kier molecular flexibility index (Phi) is 7.69. The molecule has 2 rings (SSSR count). The van der Waals surface area contributed by atoms with Gasteiger partial charge in [-0.1, -0.05) is 24.9 Å². The first-order chi connectivity index (χ1) is 12.3. The van der Waals surface area contributed by atoms with Crippen molar-refractivity contribution in [2.24, 2.45) is 0 Å². The summed E-state index contributed by atoms with van der Waals surface area (Å²) in [7, 11) is -3.62. The maximum atomic E-state index is 12.6. The largest absolute Gasteiger partial charge is 0.482 e. The van der Waals surface area contributed by atoms with E-state index in [1.807, 2.05) is 13.8 Å². The van der Waals surface area contributed by atoms with Gasteiger partial charge in [0.1, 0.15) is 5.75 Å². The minimum Gasteiger partial charge on any atom is -0.482 e. The minimum atomic E-state index is -3.62. The molecule has 1 fully saturated rings. The number of morpholine rings is 1. The average molecular weight is 405 g/mol. The molecule has 1 heterocycles. The first-order valence-electron chi connectivity index (χ1n) is 8.64. The van der Waals surface area contributed by atoms with E-state index >= 15 is 0 Å². The summed E-state index contributed by atoms with van der Waals surface area (Å²) in [6.07, 6.45) is 1.87. The van der Waals surface area contributed by atoms with Crippen LogP contribution < -0.4 is 10.1 Å². The quantitative estimate of drug-likeness (QED) is 0.716. The monoisotopic (exact) mass is 404 g/mol. The molecule has 0 aromatic heterocycles. The van der Waals surface area contributed by atoms with Gasteiger partial charge in [-0.25, -0.2) is 8.42 Å². The highest BCUT2D eigenvalue weighted by Gasteiger charge is 2.27. The Morgan fingerprint density at radius 1 is 1.38 bits per heavy atom. The SMILES string of the molecule is CCC[C@H](C)NC(=O)COc1ccc(S(=O)(=O)N2CCOCC2)cc1Cl. The van der Waals surface area contributed by atoms with Crippen molar-refractivity contribution in [3.05, 3.63) is 23.2 Å². The van der Waals surface area contributed by atoms with Crippen LogP contribution >= 0.6 is 11.6 Å². The van der Waals surface area contributed by atoms with Crippen molar-refractivity contribution in [2.75, 3.05) is 32.9 Å². The molecule has 0 saturated carbocycles. The highest BCUT2D eigenvalue weighted by atomic mass is 35.5. The molecule has 7 nitrogen and oxygen atoms in total. The Balaban J connectivity index is 1.99. The maximum absolute atomic E-state index is 12.6. The minimum absolute atomic E-state index is 0.0765. The molecule has 1 amide bonds. The zero-order chi connectivity index (χ0) is 19.2. The lowest BCUT2D eigenvalue weighted by atomic mass is 10.2. The highest BCUT2D eigenvalue weighted by Crippen LogP contribution is 2.29. The van der Waals surface area contributed by atoms with E-state index < -0.39 is 10.0 Å². The molecule has 1 aliphatic rings. The van der Waals surface area contributed by atoms with Gasteiger partial charge in [-0.15, -0.1) is 0 Å². The van der Waals surface area contributed by atoms with Crippen molar-refractivity contribution in [1.29, 1.82) is 0 Å². The van der Waals surface area contributed by atoms with E-state index in [2.05, 4.69) is 5.32 Å². The Labute approximate surface area is 159 Å². The van der Waals surface area contributed by atoms with Crippen LogP contribution in [0, 0.1) is 0 Å². The number of halogens is 1. The van der Waals surface area contributed by atoms with Gasteiger partial charge in [-0.3, -0.25) is 4.79 Å². The zero-order valence-electron chi connectivity index (χ0n) is 15.0. The zero-order valence-corrected chi connectivity index (χ0v) is 16.6. The van der Waals surface area contributed by atoms with Gasteiger partial charge < -0.3 is 14.8 Å². The molecule has 1 aliphatic heterocycles. The van der Waals surface area contributed by atoms with E-state index in [0.717, 1.165) is 12.8 Å². The number of nitrogens with one attached hydrogen (secondary N) is 1. The topological polar surface area (TPSA) is 84.9 Å². The van der Waals surface area contributed by atoms with E-state index in [1.54, 1.807) is 0 Å². The van der Waals surface area contributed by atoms with Crippen LogP contribution in [0.4, 0.5) is 0 Å². The molecule has 1 aromatic carbocycles. The third-order valence-electron chi connectivity index (χ3n) is 4.00. The van der Waals surface area contributed by atoms with Crippen LogP contribution in [-0.2, 0) is 19.6 Å². The van der Waals surface area contributed by atoms with E-state index in [1.165, 1.54) is 22.5 Å². The molecule has 1 N–H and O–H groups in total. The van der Waals surface area contributed by atoms with Gasteiger partial charge in [-0.05, 0) is 31.5 Å². The number of hydrogen-bond donors (Lipinski definition) is 1. The van der Waals surface area contributed by atoms with Crippen LogP contribution in [0.25, 0.3) is 0 Å². The molecule has 1 saturated heterocycles. The predicted octanol–water partition coefficient (Wildman–Crippen LogP) is 2.04. The van der Waals surface area contributed by atoms with Crippen molar-refractivity contribution in [1.82, 2.24) is 9.62 Å². The average Bonchev–Trinajstić information content (AvgIpc) is 2.61. The number of benzene rings is 1. The predicted molar refractivity (Wildman–Crippen MR) is 99.0 cm³/mol. The van der Waals surface area contributed by atoms with Crippen LogP contribution in [0.3, 0.4) is 0 Å². The van der Waals surface area contributed by atoms with Crippen LogP contribution in [0.2, 0.25) is 5.02 Å². The van der Waals surface area contributed by atoms with Gasteiger partial charge in [0.25, 0.3) is 5.91 Å². The normalized spacial score (nSPS) is 16.9. The Bertz CT molecular complexity index is 720. The summed E-state index contributed by atoms with van der Waals surface area (Å²) in [6.45, 7) is 5.18. The van der Waals surface area contributed by atoms with Crippen LogP contribution in [0.1, 0.15) is 26.7 Å². The van der Waals surface area contributed by atoms with Gasteiger partial charge >= 0.3 is 0 Å². The van der Waals surface area contributed by atoms with E-state index in [-0.39, 0.29) is 34.2 Å². The first-order valence-corrected chi connectivity index (χ1v) is 10.5. The second kappa shape index (κ2) is 9.55. The van der Waals surface area contributed by atoms with E-state index in [9.17, 15) is 13.2 Å². The van der Waals surface area contributed by atoms with Gasteiger partial charge in [0.15, 0.2) is 6.61 Å². The molecule has 1 atom stereocenters. The summed E-state index contributed by atoms with van der Waals surface area (Å²) in [6, 6.07) is 4.33. The number of rotatable bonds is 8. The lowest BCUT2D eigenvalue weighted by Gasteiger charge is -2.26. The van der Waals surface area contributed by atoms with Crippen molar-refractivity contribution in [2.45, 2.75) is 37.6 Å². The first kappa shape index (κ1) is 21.0. The lowest BCUT2D eigenvalue weighted by Crippen LogP contribution is -2.40. The second-order valence-corrected chi connectivity index (χ2v) is 8.50. The molecule has 146 valence electrons. The van der Waals surface area contributed by atoms with Crippen molar-refractivity contribution in [3.8, 4) is 5.75 Å². The van der Waals surface area contributed by atoms with Crippen LogP contribution in [-0.4, -0.2) is 57.6 Å². The second-order valence-electron chi connectivity index (χ2n) is 6.15. The van der Waals surface area contributed by atoms with Crippen molar-refractivity contribution in [3.63, 3.8) is 0 Å². The van der Waals surface area contributed by atoms with Crippen LogP contribution in [0.15, 0.2) is 23.1 Å². The van der Waals surface area contributed by atoms with Gasteiger partial charge in [0.05, 0.1) is 23.1 Å². The fraction of sp³-hybridized carbons (Fsp3) is 0.588. The van der Waals surface area contributed by atoms with Crippen molar-refractivity contribution >= 4 is 27.5 Å². The number of amides is 1. The molecule has 0 radical (unpaired) electrons. The fourth-order valence-electron chi connectivity index (χ4n) is 2.66. The van der Waals surface area contributed by atoms with Gasteiger partial charge in [0, 0.05) is 19.1 Å². The maximum Gasteiger partial charge on any atom is 0.258 e. The van der Waals surface area contributed by atoms with Crippen molar-refractivity contribution < 1.29 is 22.7 Å². The summed E-state index contributed by atoms with van der Waals surface area (Å²) < 4.78 is 37.2. The molecule has 0 unspecified atom stereocenters. The summed E-state index contributed by atoms with van der Waals surface area (Å²) in [5.41, 5.74) is 0. The Morgan fingerprint density at radius 3 is 2.69 bits per heavy atom. The molecule has 0 bridgehead atoms. The highest BCUT2D eigenvalue weighted by molar-refractivity contribution is 7.89. The lowest BCUT2D eigenvalue weighted by molar-refractivity contribution is -0.123. The molecule has 0 aliphatic carbocycles. The summed E-state index contributed by atoms with van der Waals surface area (Å²) in [5.74, 6) is 0.0259. The van der Waals surface area contributed by atoms with E-state index in [4.69, 9.17) is 21.1 Å². The summed E-state index contributed by atoms with van der Waals surface area (Å²) >= 11 is 6.15. The number of sulfonamides is 1. The number of carbonyl (C=O) groups is 1. The summed E-state index contributed by atoms with van der Waals surface area (Å²) in [4.78, 5) is 11.9. The van der Waals surface area contributed by atoms with Gasteiger partial charge in [0.2, 0.25) is 10.0 Å². The number of nitrogens with zero attached hydrogens (tertiary/aromatic N) is 1. The standard InChI is InChI=1S/C17H25ClN2O5S/c1-3-4-13(2)19-17(21)12-25-16-6-5-14(11-15(16)18)26(22,23)20-7-9-24-10-8-20/h5-6,11,13H,3-4,7-10,12H2,1-2H3,(H,19,21)/t13-/m0/s1. The fourth-order valence-corrected chi connectivity index (χ4v) is 4.39. The van der Waals surface area contributed by atoms with E-state index in [0.29, 0.717) is 26.3 Å². The number of ether oxygens (including phenoxy) is 2. The number of hydrogen-bond acceptors (Lipinski definition) is 5. The third-order valence-corrected chi connectivity index (χ3v) is 6.19. The molecule has 0 spiro atoms. The smallest absolute Gasteiger partial charge is 0.258 e. The molecule has 1 aromatic rings. The van der Waals surface area contributed by atoms with Gasteiger partial charge in [-0.2, -0.15) is 4.31 Å². The van der Waals surface area contributed by atoms with Crippen LogP contribution in [0.5, 0.6) is 5.75 Å². The molecule has 26 heavy (non-hydrogen) atoms.